The van der Waals surface area contributed by atoms with Gasteiger partial charge in [0.15, 0.2) is 5.13 Å². The summed E-state index contributed by atoms with van der Waals surface area (Å²) in [5.74, 6) is 0.790. The van der Waals surface area contributed by atoms with Gasteiger partial charge >= 0.3 is 0 Å². The number of rotatable bonds is 3. The Kier molecular flexibility index (Phi) is 3.41. The molecule has 3 N–H and O–H groups in total. The molecule has 2 heterocycles. The molecule has 2 aromatic heterocycles. The van der Waals surface area contributed by atoms with Crippen molar-refractivity contribution in [3.63, 3.8) is 0 Å². The Bertz CT molecular complexity index is 816. The predicted octanol–water partition coefficient (Wildman–Crippen LogP) is 2.53. The van der Waals surface area contributed by atoms with E-state index in [0.717, 1.165) is 16.0 Å². The number of nitrogen functional groups attached to an aromatic ring is 1. The number of hydrogen-bond acceptors (Lipinski definition) is 6. The van der Waals surface area contributed by atoms with Crippen LogP contribution in [0.15, 0.2) is 36.5 Å². The number of benzene rings is 1. The van der Waals surface area contributed by atoms with E-state index in [4.69, 9.17) is 10.5 Å². The average Bonchev–Trinajstić information content (AvgIpc) is 2.88. The third-order valence-electron chi connectivity index (χ3n) is 2.86. The summed E-state index contributed by atoms with van der Waals surface area (Å²) in [7, 11) is 1.61. The quantitative estimate of drug-likeness (QED) is 0.775. The van der Waals surface area contributed by atoms with E-state index in [1.165, 1.54) is 23.6 Å². The fraction of sp³-hybridized carbons (Fsp3) is 0.0714. The van der Waals surface area contributed by atoms with Gasteiger partial charge in [0.2, 0.25) is 0 Å². The molecule has 1 amide bonds. The van der Waals surface area contributed by atoms with Gasteiger partial charge in [0, 0.05) is 11.8 Å². The van der Waals surface area contributed by atoms with Crippen LogP contribution in [-0.4, -0.2) is 23.0 Å². The lowest BCUT2D eigenvalue weighted by Crippen LogP contribution is -2.12. The second-order valence-corrected chi connectivity index (χ2v) is 5.31. The van der Waals surface area contributed by atoms with Gasteiger partial charge in [-0.25, -0.2) is 9.97 Å². The number of ether oxygens (including phenoxy) is 1. The van der Waals surface area contributed by atoms with Crippen molar-refractivity contribution in [1.29, 1.82) is 0 Å². The van der Waals surface area contributed by atoms with Crippen LogP contribution in [0.2, 0.25) is 0 Å². The van der Waals surface area contributed by atoms with Gasteiger partial charge in [-0.15, -0.1) is 0 Å². The zero-order chi connectivity index (χ0) is 14.8. The Balaban J connectivity index is 1.86. The number of carbonyl (C=O) groups is 1. The van der Waals surface area contributed by atoms with Gasteiger partial charge in [-0.2, -0.15) is 0 Å². The molecule has 6 nitrogen and oxygen atoms in total. The van der Waals surface area contributed by atoms with Crippen LogP contribution in [0.3, 0.4) is 0 Å². The number of carbonyl (C=O) groups excluding carboxylic acids is 1. The second-order valence-electron chi connectivity index (χ2n) is 4.28. The smallest absolute Gasteiger partial charge is 0.257 e. The molecule has 3 rings (SSSR count). The number of pyridine rings is 1. The van der Waals surface area contributed by atoms with Crippen LogP contribution in [-0.2, 0) is 0 Å². The predicted molar refractivity (Wildman–Crippen MR) is 82.8 cm³/mol. The van der Waals surface area contributed by atoms with Crippen LogP contribution in [0.5, 0.6) is 5.75 Å². The van der Waals surface area contributed by atoms with E-state index in [1.54, 1.807) is 13.2 Å². The number of hydrogen-bond donors (Lipinski definition) is 2. The molecule has 1 aromatic carbocycles. The molecule has 106 valence electrons. The monoisotopic (exact) mass is 300 g/mol. The highest BCUT2D eigenvalue weighted by molar-refractivity contribution is 7.22. The van der Waals surface area contributed by atoms with Gasteiger partial charge in [0.05, 0.1) is 17.3 Å². The van der Waals surface area contributed by atoms with E-state index >= 15 is 0 Å². The van der Waals surface area contributed by atoms with Gasteiger partial charge in [-0.05, 0) is 30.3 Å². The molecular weight excluding hydrogens is 288 g/mol. The Morgan fingerprint density at radius 3 is 2.95 bits per heavy atom. The molecule has 0 aliphatic carbocycles. The van der Waals surface area contributed by atoms with Crippen molar-refractivity contribution >= 4 is 38.4 Å². The summed E-state index contributed by atoms with van der Waals surface area (Å²) in [5.41, 5.74) is 6.82. The maximum Gasteiger partial charge on any atom is 0.257 e. The lowest BCUT2D eigenvalue weighted by molar-refractivity contribution is 0.102. The average molecular weight is 300 g/mol. The first-order chi connectivity index (χ1) is 10.2. The molecule has 0 unspecified atom stereocenters. The van der Waals surface area contributed by atoms with Crippen molar-refractivity contribution in [3.05, 3.63) is 42.1 Å². The van der Waals surface area contributed by atoms with Crippen LogP contribution in [0, 0.1) is 0 Å². The van der Waals surface area contributed by atoms with E-state index in [9.17, 15) is 4.79 Å². The molecule has 0 bridgehead atoms. The van der Waals surface area contributed by atoms with Crippen molar-refractivity contribution in [2.24, 2.45) is 0 Å². The number of thiazole rings is 1. The Hall–Kier alpha value is -2.67. The van der Waals surface area contributed by atoms with Gasteiger partial charge in [0.1, 0.15) is 11.6 Å². The van der Waals surface area contributed by atoms with Crippen LogP contribution in [0.25, 0.3) is 10.2 Å². The first-order valence-corrected chi connectivity index (χ1v) is 6.95. The molecule has 0 saturated heterocycles. The molecule has 7 heteroatoms. The Labute approximate surface area is 124 Å². The van der Waals surface area contributed by atoms with Crippen molar-refractivity contribution in [3.8, 4) is 5.75 Å². The first-order valence-electron chi connectivity index (χ1n) is 6.13. The van der Waals surface area contributed by atoms with Gasteiger partial charge in [0.25, 0.3) is 5.91 Å². The second kappa shape index (κ2) is 5.37. The van der Waals surface area contributed by atoms with E-state index in [2.05, 4.69) is 15.3 Å². The van der Waals surface area contributed by atoms with Crippen molar-refractivity contribution < 1.29 is 9.53 Å². The van der Waals surface area contributed by atoms with Crippen molar-refractivity contribution in [2.45, 2.75) is 0 Å². The number of nitrogens with two attached hydrogens (primary N) is 1. The summed E-state index contributed by atoms with van der Waals surface area (Å²) in [6.07, 6.45) is 1.49. The zero-order valence-corrected chi connectivity index (χ0v) is 12.0. The number of aromatic nitrogens is 2. The van der Waals surface area contributed by atoms with Crippen LogP contribution < -0.4 is 15.8 Å². The number of nitrogens with one attached hydrogen (secondary N) is 1. The van der Waals surface area contributed by atoms with Crippen LogP contribution in [0.1, 0.15) is 10.4 Å². The maximum absolute atomic E-state index is 12.1. The summed E-state index contributed by atoms with van der Waals surface area (Å²) in [6.45, 7) is 0. The molecule has 0 aliphatic heterocycles. The van der Waals surface area contributed by atoms with Gasteiger partial charge < -0.3 is 10.5 Å². The molecule has 0 radical (unpaired) electrons. The van der Waals surface area contributed by atoms with E-state index in [0.29, 0.717) is 16.5 Å². The highest BCUT2D eigenvalue weighted by atomic mass is 32.1. The van der Waals surface area contributed by atoms with Gasteiger partial charge in [-0.1, -0.05) is 11.3 Å². The Morgan fingerprint density at radius 1 is 1.33 bits per heavy atom. The summed E-state index contributed by atoms with van der Waals surface area (Å²) in [6, 6.07) is 8.68. The van der Waals surface area contributed by atoms with Crippen LogP contribution >= 0.6 is 11.3 Å². The molecule has 0 spiro atoms. The highest BCUT2D eigenvalue weighted by Crippen LogP contribution is 2.29. The molecule has 3 aromatic rings. The highest BCUT2D eigenvalue weighted by Gasteiger charge is 2.10. The summed E-state index contributed by atoms with van der Waals surface area (Å²) in [4.78, 5) is 20.3. The third-order valence-corrected chi connectivity index (χ3v) is 3.79. The number of anilines is 2. The standard InChI is InChI=1S/C14H12N4O2S/c1-20-9-2-3-10-11(7-9)21-14(17-10)18-13(19)8-4-5-16-12(15)6-8/h2-7H,1H3,(H2,15,16)(H,17,18,19). The topological polar surface area (TPSA) is 90.1 Å². The third kappa shape index (κ3) is 2.77. The summed E-state index contributed by atoms with van der Waals surface area (Å²) in [5, 5.41) is 3.28. The van der Waals surface area contributed by atoms with E-state index in [1.807, 2.05) is 18.2 Å². The minimum Gasteiger partial charge on any atom is -0.497 e. The minimum absolute atomic E-state index is 0.268. The minimum atomic E-state index is -0.268. The molecule has 21 heavy (non-hydrogen) atoms. The SMILES string of the molecule is COc1ccc2nc(NC(=O)c3ccnc(N)c3)sc2c1. The summed E-state index contributed by atoms with van der Waals surface area (Å²) >= 11 is 1.38. The van der Waals surface area contributed by atoms with Crippen molar-refractivity contribution in [1.82, 2.24) is 9.97 Å². The molecule has 0 fully saturated rings. The van der Waals surface area contributed by atoms with Crippen molar-refractivity contribution in [2.75, 3.05) is 18.2 Å². The lowest BCUT2D eigenvalue weighted by Gasteiger charge is -2.01. The van der Waals surface area contributed by atoms with E-state index < -0.39 is 0 Å². The number of amides is 1. The normalized spacial score (nSPS) is 10.5. The number of fused-ring (bicyclic) bond motifs is 1. The molecule has 0 atom stereocenters. The first kappa shape index (κ1) is 13.3. The number of methoxy groups -OCH3 is 1. The largest absolute Gasteiger partial charge is 0.497 e. The Morgan fingerprint density at radius 2 is 2.19 bits per heavy atom. The van der Waals surface area contributed by atoms with Gasteiger partial charge in [-0.3, -0.25) is 10.1 Å². The molecule has 0 saturated carbocycles. The summed E-state index contributed by atoms with van der Waals surface area (Å²) < 4.78 is 6.11. The van der Waals surface area contributed by atoms with Crippen LogP contribution in [0.4, 0.5) is 10.9 Å². The molecular formula is C14H12N4O2S. The molecule has 0 aliphatic rings. The fourth-order valence-electron chi connectivity index (χ4n) is 1.84. The fourth-order valence-corrected chi connectivity index (χ4v) is 2.73. The number of nitrogens with zero attached hydrogens (tertiary/aromatic N) is 2. The lowest BCUT2D eigenvalue weighted by atomic mass is 10.2. The van der Waals surface area contributed by atoms with E-state index in [-0.39, 0.29) is 5.91 Å². The zero-order valence-electron chi connectivity index (χ0n) is 11.2. The maximum atomic E-state index is 12.1.